The number of benzene rings is 2. The number of anilines is 2. The lowest BCUT2D eigenvalue weighted by Gasteiger charge is -2.41. The van der Waals surface area contributed by atoms with Crippen molar-refractivity contribution in [3.05, 3.63) is 60.7 Å². The first-order valence-electron chi connectivity index (χ1n) is 10.1. The Bertz CT molecular complexity index is 534. The van der Waals surface area contributed by atoms with E-state index in [9.17, 15) is 0 Å². The summed E-state index contributed by atoms with van der Waals surface area (Å²) >= 11 is 0. The van der Waals surface area contributed by atoms with E-state index < -0.39 is 0 Å². The fourth-order valence-electron chi connectivity index (χ4n) is 3.63. The summed E-state index contributed by atoms with van der Waals surface area (Å²) in [5.74, 6) is 0. The minimum atomic E-state index is 0.103. The maximum Gasteiger partial charge on any atom is 0.0416 e. The van der Waals surface area contributed by atoms with Crippen molar-refractivity contribution in [1.82, 2.24) is 0 Å². The third kappa shape index (κ3) is 6.23. The van der Waals surface area contributed by atoms with Crippen molar-refractivity contribution < 1.29 is 0 Å². The molecule has 0 unspecified atom stereocenters. The molecule has 1 heteroatoms. The van der Waals surface area contributed by atoms with Crippen LogP contribution >= 0.6 is 0 Å². The van der Waals surface area contributed by atoms with Crippen LogP contribution in [0.4, 0.5) is 11.4 Å². The van der Waals surface area contributed by atoms with E-state index in [2.05, 4.69) is 86.3 Å². The van der Waals surface area contributed by atoms with E-state index in [0.29, 0.717) is 0 Å². The normalized spacial score (nSPS) is 11.5. The molecule has 25 heavy (non-hydrogen) atoms. The summed E-state index contributed by atoms with van der Waals surface area (Å²) in [6.45, 7) is 7.04. The molecule has 0 saturated carbocycles. The van der Waals surface area contributed by atoms with Gasteiger partial charge in [-0.3, -0.25) is 0 Å². The summed E-state index contributed by atoms with van der Waals surface area (Å²) in [4.78, 5) is 2.50. The largest absolute Gasteiger partial charge is 0.336 e. The molecule has 0 atom stereocenters. The van der Waals surface area contributed by atoms with Crippen LogP contribution in [-0.2, 0) is 0 Å². The van der Waals surface area contributed by atoms with Crippen LogP contribution in [0, 0.1) is 0 Å². The molecular weight excluding hydrogens is 302 g/mol. The second-order valence-corrected chi connectivity index (χ2v) is 7.69. The Kier molecular flexibility index (Phi) is 8.04. The van der Waals surface area contributed by atoms with E-state index in [1.807, 2.05) is 0 Å². The summed E-state index contributed by atoms with van der Waals surface area (Å²) in [6.07, 6.45) is 10.8. The smallest absolute Gasteiger partial charge is 0.0416 e. The Morgan fingerprint density at radius 2 is 1.08 bits per heavy atom. The number of para-hydroxylation sites is 2. The molecule has 2 aromatic rings. The van der Waals surface area contributed by atoms with E-state index in [1.165, 1.54) is 62.7 Å². The maximum absolute atomic E-state index is 2.50. The topological polar surface area (TPSA) is 3.24 Å². The van der Waals surface area contributed by atoms with Gasteiger partial charge in [-0.15, -0.1) is 0 Å². The number of unbranched alkanes of at least 4 members (excludes halogenated alkanes) is 6. The monoisotopic (exact) mass is 337 g/mol. The summed E-state index contributed by atoms with van der Waals surface area (Å²) in [5.41, 5.74) is 2.66. The van der Waals surface area contributed by atoms with Crippen molar-refractivity contribution in [3.8, 4) is 0 Å². The molecule has 2 rings (SSSR count). The Morgan fingerprint density at radius 3 is 1.56 bits per heavy atom. The molecule has 136 valence electrons. The molecule has 0 spiro atoms. The van der Waals surface area contributed by atoms with Crippen LogP contribution in [0.3, 0.4) is 0 Å². The van der Waals surface area contributed by atoms with Gasteiger partial charge in [-0.25, -0.2) is 0 Å². The Balaban J connectivity index is 2.01. The highest BCUT2D eigenvalue weighted by Crippen LogP contribution is 2.35. The SMILES string of the molecule is CCCCCCCCCC(C)(C)N(c1ccccc1)c1ccccc1. The number of nitrogens with zero attached hydrogens (tertiary/aromatic N) is 1. The van der Waals surface area contributed by atoms with Crippen LogP contribution < -0.4 is 4.90 Å². The zero-order valence-corrected chi connectivity index (χ0v) is 16.4. The maximum atomic E-state index is 2.50. The first-order chi connectivity index (χ1) is 12.1. The highest BCUT2D eigenvalue weighted by atomic mass is 15.2. The van der Waals surface area contributed by atoms with Gasteiger partial charge in [0.25, 0.3) is 0 Å². The second-order valence-electron chi connectivity index (χ2n) is 7.69. The van der Waals surface area contributed by atoms with Gasteiger partial charge in [0.1, 0.15) is 0 Å². The first kappa shape index (κ1) is 19.6. The average molecular weight is 338 g/mol. The molecule has 0 aliphatic heterocycles. The Hall–Kier alpha value is -1.76. The Morgan fingerprint density at radius 1 is 0.640 bits per heavy atom. The van der Waals surface area contributed by atoms with E-state index in [1.54, 1.807) is 0 Å². The van der Waals surface area contributed by atoms with Crippen molar-refractivity contribution in [2.24, 2.45) is 0 Å². The standard InChI is InChI=1S/C24H35N/c1-4-5-6-7-8-9-16-21-24(2,3)25(22-17-12-10-13-18-22)23-19-14-11-15-20-23/h10-15,17-20H,4-9,16,21H2,1-3H3. The summed E-state index contributed by atoms with van der Waals surface area (Å²) in [7, 11) is 0. The molecule has 1 nitrogen and oxygen atoms in total. The predicted octanol–water partition coefficient (Wildman–Crippen LogP) is 7.74. The molecule has 0 fully saturated rings. The van der Waals surface area contributed by atoms with Crippen LogP contribution in [0.15, 0.2) is 60.7 Å². The van der Waals surface area contributed by atoms with Gasteiger partial charge < -0.3 is 4.90 Å². The number of hydrogen-bond donors (Lipinski definition) is 0. The van der Waals surface area contributed by atoms with Crippen LogP contribution in [0.25, 0.3) is 0 Å². The van der Waals surface area contributed by atoms with Gasteiger partial charge >= 0.3 is 0 Å². The fourth-order valence-corrected chi connectivity index (χ4v) is 3.63. The zero-order valence-electron chi connectivity index (χ0n) is 16.4. The van der Waals surface area contributed by atoms with Crippen molar-refractivity contribution in [2.45, 2.75) is 77.7 Å². The molecule has 0 aliphatic carbocycles. The minimum Gasteiger partial charge on any atom is -0.336 e. The van der Waals surface area contributed by atoms with Gasteiger partial charge in [-0.05, 0) is 44.5 Å². The van der Waals surface area contributed by atoms with E-state index in [-0.39, 0.29) is 5.54 Å². The van der Waals surface area contributed by atoms with Crippen LogP contribution in [-0.4, -0.2) is 5.54 Å². The minimum absolute atomic E-state index is 0.103. The second kappa shape index (κ2) is 10.3. The highest BCUT2D eigenvalue weighted by Gasteiger charge is 2.27. The summed E-state index contributed by atoms with van der Waals surface area (Å²) < 4.78 is 0. The van der Waals surface area contributed by atoms with E-state index in [4.69, 9.17) is 0 Å². The fraction of sp³-hybridized carbons (Fsp3) is 0.500. The quantitative estimate of drug-likeness (QED) is 0.379. The number of hydrogen-bond acceptors (Lipinski definition) is 1. The lowest BCUT2D eigenvalue weighted by molar-refractivity contribution is 0.433. The molecule has 0 heterocycles. The van der Waals surface area contributed by atoms with Gasteiger partial charge in [0.15, 0.2) is 0 Å². The van der Waals surface area contributed by atoms with Crippen molar-refractivity contribution in [1.29, 1.82) is 0 Å². The van der Waals surface area contributed by atoms with Crippen LogP contribution in [0.1, 0.15) is 72.1 Å². The third-order valence-electron chi connectivity index (χ3n) is 5.03. The van der Waals surface area contributed by atoms with Gasteiger partial charge in [-0.1, -0.05) is 88.3 Å². The van der Waals surface area contributed by atoms with Crippen molar-refractivity contribution in [3.63, 3.8) is 0 Å². The molecule has 0 saturated heterocycles. The highest BCUT2D eigenvalue weighted by molar-refractivity contribution is 5.65. The lowest BCUT2D eigenvalue weighted by Crippen LogP contribution is -2.40. The molecule has 0 aromatic heterocycles. The zero-order chi connectivity index (χ0) is 18.0. The van der Waals surface area contributed by atoms with Gasteiger partial charge in [-0.2, -0.15) is 0 Å². The van der Waals surface area contributed by atoms with E-state index in [0.717, 1.165) is 0 Å². The lowest BCUT2D eigenvalue weighted by atomic mass is 9.92. The van der Waals surface area contributed by atoms with Crippen molar-refractivity contribution >= 4 is 11.4 Å². The van der Waals surface area contributed by atoms with Gasteiger partial charge in [0.2, 0.25) is 0 Å². The predicted molar refractivity (Wildman–Crippen MR) is 112 cm³/mol. The molecule has 0 bridgehead atoms. The van der Waals surface area contributed by atoms with E-state index >= 15 is 0 Å². The average Bonchev–Trinajstić information content (AvgIpc) is 2.63. The Labute approximate surface area is 155 Å². The molecule has 0 radical (unpaired) electrons. The molecule has 0 aliphatic rings. The molecular formula is C24H35N. The summed E-state index contributed by atoms with van der Waals surface area (Å²) in [6, 6.07) is 21.6. The molecule has 2 aromatic carbocycles. The summed E-state index contributed by atoms with van der Waals surface area (Å²) in [5, 5.41) is 0. The molecule has 0 amide bonds. The van der Waals surface area contributed by atoms with Crippen molar-refractivity contribution in [2.75, 3.05) is 4.90 Å². The van der Waals surface area contributed by atoms with Gasteiger partial charge in [0, 0.05) is 16.9 Å². The number of rotatable bonds is 11. The van der Waals surface area contributed by atoms with Crippen LogP contribution in [0.2, 0.25) is 0 Å². The first-order valence-corrected chi connectivity index (χ1v) is 10.1. The third-order valence-corrected chi connectivity index (χ3v) is 5.03. The van der Waals surface area contributed by atoms with Gasteiger partial charge in [0.05, 0.1) is 0 Å². The van der Waals surface area contributed by atoms with Crippen LogP contribution in [0.5, 0.6) is 0 Å². The molecule has 0 N–H and O–H groups in total.